The number of likely N-dealkylation sites (N-methyl/N-ethyl adjacent to an activating group) is 1. The summed E-state index contributed by atoms with van der Waals surface area (Å²) in [6, 6.07) is 0.224. The molecule has 2 saturated heterocycles. The Morgan fingerprint density at radius 2 is 2.00 bits per heavy atom. The molecule has 0 spiro atoms. The molecule has 2 aliphatic rings. The largest absolute Gasteiger partial charge is 0.381 e. The van der Waals surface area contributed by atoms with Gasteiger partial charge in [-0.15, -0.1) is 0 Å². The van der Waals surface area contributed by atoms with Crippen LogP contribution < -0.4 is 10.6 Å². The molecule has 19 heavy (non-hydrogen) atoms. The molecule has 0 aromatic heterocycles. The smallest absolute Gasteiger partial charge is 0.248 e. The first-order valence-corrected chi connectivity index (χ1v) is 6.97. The van der Waals surface area contributed by atoms with Gasteiger partial charge in [0, 0.05) is 26.3 Å². The zero-order chi connectivity index (χ0) is 13.7. The number of carbonyl (C=O) groups is 2. The van der Waals surface area contributed by atoms with Crippen LogP contribution in [0.1, 0.15) is 25.7 Å². The van der Waals surface area contributed by atoms with Crippen LogP contribution >= 0.6 is 0 Å². The molecule has 0 saturated carbocycles. The third-order valence-electron chi connectivity index (χ3n) is 4.26. The van der Waals surface area contributed by atoms with Crippen molar-refractivity contribution >= 4 is 12.3 Å². The predicted molar refractivity (Wildman–Crippen MR) is 70.6 cm³/mol. The second-order valence-corrected chi connectivity index (χ2v) is 5.35. The van der Waals surface area contributed by atoms with Crippen molar-refractivity contribution in [3.63, 3.8) is 0 Å². The number of nitrogens with one attached hydrogen (secondary N) is 2. The van der Waals surface area contributed by atoms with E-state index < -0.39 is 5.54 Å². The number of rotatable bonds is 4. The number of hydrogen-bond acceptors (Lipinski definition) is 4. The zero-order valence-corrected chi connectivity index (χ0v) is 11.5. The summed E-state index contributed by atoms with van der Waals surface area (Å²) >= 11 is 0. The normalized spacial score (nSPS) is 23.6. The zero-order valence-electron chi connectivity index (χ0n) is 11.5. The number of hydrogen-bond donors (Lipinski definition) is 2. The molecule has 6 nitrogen and oxygen atoms in total. The molecule has 2 fully saturated rings. The van der Waals surface area contributed by atoms with Gasteiger partial charge in [-0.05, 0) is 38.8 Å². The highest BCUT2D eigenvalue weighted by Crippen LogP contribution is 2.23. The van der Waals surface area contributed by atoms with Crippen LogP contribution in [0.3, 0.4) is 0 Å². The molecule has 0 aliphatic carbocycles. The highest BCUT2D eigenvalue weighted by atomic mass is 16.5. The topological polar surface area (TPSA) is 70.7 Å². The van der Waals surface area contributed by atoms with Gasteiger partial charge in [0.2, 0.25) is 12.3 Å². The number of ether oxygens (including phenoxy) is 1. The number of amides is 2. The van der Waals surface area contributed by atoms with Gasteiger partial charge in [0.1, 0.15) is 5.54 Å². The molecule has 0 atom stereocenters. The first kappa shape index (κ1) is 14.3. The number of nitrogens with zero attached hydrogens (tertiary/aromatic N) is 1. The fourth-order valence-electron chi connectivity index (χ4n) is 2.96. The van der Waals surface area contributed by atoms with Crippen LogP contribution in [0.2, 0.25) is 0 Å². The van der Waals surface area contributed by atoms with E-state index in [1.54, 1.807) is 0 Å². The molecule has 2 N–H and O–H groups in total. The first-order valence-electron chi connectivity index (χ1n) is 6.97. The van der Waals surface area contributed by atoms with Crippen molar-refractivity contribution in [3.8, 4) is 0 Å². The summed E-state index contributed by atoms with van der Waals surface area (Å²) in [7, 11) is 1.84. The van der Waals surface area contributed by atoms with Gasteiger partial charge in [0.15, 0.2) is 0 Å². The van der Waals surface area contributed by atoms with Gasteiger partial charge in [0.25, 0.3) is 0 Å². The fourth-order valence-corrected chi connectivity index (χ4v) is 2.96. The molecular formula is C13H23N3O3. The van der Waals surface area contributed by atoms with Crippen molar-refractivity contribution in [2.75, 3.05) is 33.4 Å². The first-order chi connectivity index (χ1) is 9.19. The lowest BCUT2D eigenvalue weighted by Gasteiger charge is -2.41. The van der Waals surface area contributed by atoms with E-state index in [2.05, 4.69) is 10.6 Å². The molecule has 0 bridgehead atoms. The van der Waals surface area contributed by atoms with Crippen LogP contribution in [0.5, 0.6) is 0 Å². The van der Waals surface area contributed by atoms with Crippen molar-refractivity contribution in [1.29, 1.82) is 0 Å². The quantitative estimate of drug-likeness (QED) is 0.675. The standard InChI is InChI=1S/C13H23N3O3/c1-16(11-2-8-19-9-3-11)12(18)13(15-10-17)4-6-14-7-5-13/h10-11,14H,2-9H2,1H3,(H,15,17). The molecule has 0 aromatic carbocycles. The van der Waals surface area contributed by atoms with Gasteiger partial charge >= 0.3 is 0 Å². The summed E-state index contributed by atoms with van der Waals surface area (Å²) in [5, 5.41) is 6.00. The van der Waals surface area contributed by atoms with Gasteiger partial charge in [-0.1, -0.05) is 0 Å². The minimum absolute atomic E-state index is 0.0352. The van der Waals surface area contributed by atoms with Crippen LogP contribution in [0, 0.1) is 0 Å². The molecule has 108 valence electrons. The van der Waals surface area contributed by atoms with Crippen molar-refractivity contribution in [2.45, 2.75) is 37.3 Å². The third-order valence-corrected chi connectivity index (χ3v) is 4.26. The lowest BCUT2D eigenvalue weighted by molar-refractivity contribution is -0.143. The Kier molecular flexibility index (Phi) is 4.76. The fraction of sp³-hybridized carbons (Fsp3) is 0.846. The monoisotopic (exact) mass is 269 g/mol. The summed E-state index contributed by atoms with van der Waals surface area (Å²) in [5.41, 5.74) is -0.722. The van der Waals surface area contributed by atoms with Gasteiger partial charge < -0.3 is 20.3 Å². The lowest BCUT2D eigenvalue weighted by atomic mass is 9.86. The van der Waals surface area contributed by atoms with E-state index in [9.17, 15) is 9.59 Å². The maximum Gasteiger partial charge on any atom is 0.248 e. The Morgan fingerprint density at radius 3 is 2.58 bits per heavy atom. The van der Waals surface area contributed by atoms with Crippen molar-refractivity contribution in [3.05, 3.63) is 0 Å². The average molecular weight is 269 g/mol. The van der Waals surface area contributed by atoms with Crippen molar-refractivity contribution in [1.82, 2.24) is 15.5 Å². The second-order valence-electron chi connectivity index (χ2n) is 5.35. The Balaban J connectivity index is 2.07. The molecule has 0 unspecified atom stereocenters. The van der Waals surface area contributed by atoms with Gasteiger partial charge in [-0.3, -0.25) is 9.59 Å². The molecule has 2 heterocycles. The van der Waals surface area contributed by atoms with E-state index >= 15 is 0 Å². The van der Waals surface area contributed by atoms with Gasteiger partial charge in [-0.2, -0.15) is 0 Å². The van der Waals surface area contributed by atoms with E-state index in [-0.39, 0.29) is 11.9 Å². The van der Waals surface area contributed by atoms with E-state index in [0.717, 1.165) is 25.9 Å². The summed E-state index contributed by atoms with van der Waals surface area (Å²) in [5.74, 6) is 0.0352. The number of carbonyl (C=O) groups excluding carboxylic acids is 2. The summed E-state index contributed by atoms with van der Waals surface area (Å²) in [6.07, 6.45) is 3.70. The highest BCUT2D eigenvalue weighted by Gasteiger charge is 2.42. The van der Waals surface area contributed by atoms with Crippen LogP contribution in [0.15, 0.2) is 0 Å². The van der Waals surface area contributed by atoms with Crippen molar-refractivity contribution in [2.24, 2.45) is 0 Å². The molecule has 2 amide bonds. The predicted octanol–water partition coefficient (Wildman–Crippen LogP) is -0.508. The maximum atomic E-state index is 12.7. The average Bonchev–Trinajstić information content (AvgIpc) is 2.48. The summed E-state index contributed by atoms with van der Waals surface area (Å²) in [6.45, 7) is 2.93. The SMILES string of the molecule is CN(C(=O)C1(NC=O)CCNCC1)C1CCOCC1. The molecule has 6 heteroatoms. The van der Waals surface area contributed by atoms with E-state index in [1.807, 2.05) is 11.9 Å². The van der Waals surface area contributed by atoms with Crippen LogP contribution in [-0.2, 0) is 14.3 Å². The summed E-state index contributed by atoms with van der Waals surface area (Å²) in [4.78, 5) is 25.4. The lowest BCUT2D eigenvalue weighted by Crippen LogP contribution is -2.62. The van der Waals surface area contributed by atoms with E-state index in [1.165, 1.54) is 0 Å². The Hall–Kier alpha value is -1.14. The maximum absolute atomic E-state index is 12.7. The minimum atomic E-state index is -0.722. The summed E-state index contributed by atoms with van der Waals surface area (Å²) < 4.78 is 5.33. The Labute approximate surface area is 113 Å². The Morgan fingerprint density at radius 1 is 1.37 bits per heavy atom. The van der Waals surface area contributed by atoms with E-state index in [0.29, 0.717) is 32.5 Å². The number of piperidine rings is 1. The van der Waals surface area contributed by atoms with E-state index in [4.69, 9.17) is 4.74 Å². The van der Waals surface area contributed by atoms with Crippen LogP contribution in [0.4, 0.5) is 0 Å². The van der Waals surface area contributed by atoms with Crippen LogP contribution in [0.25, 0.3) is 0 Å². The third kappa shape index (κ3) is 3.06. The van der Waals surface area contributed by atoms with Crippen LogP contribution in [-0.4, -0.2) is 62.1 Å². The van der Waals surface area contributed by atoms with Crippen molar-refractivity contribution < 1.29 is 14.3 Å². The highest BCUT2D eigenvalue weighted by molar-refractivity contribution is 5.88. The Bertz CT molecular complexity index is 323. The molecule has 0 aromatic rings. The molecule has 0 radical (unpaired) electrons. The van der Waals surface area contributed by atoms with Gasteiger partial charge in [0.05, 0.1) is 0 Å². The van der Waals surface area contributed by atoms with Gasteiger partial charge in [-0.25, -0.2) is 0 Å². The second kappa shape index (κ2) is 6.34. The molecule has 2 rings (SSSR count). The minimum Gasteiger partial charge on any atom is -0.381 e. The molecule has 2 aliphatic heterocycles. The molecular weight excluding hydrogens is 246 g/mol.